The number of hydrogen-bond donors (Lipinski definition) is 2. The summed E-state index contributed by atoms with van der Waals surface area (Å²) >= 11 is 0. The lowest BCUT2D eigenvalue weighted by Crippen LogP contribution is -2.41. The Morgan fingerprint density at radius 2 is 1.70 bits per heavy atom. The molecule has 17 heteroatoms. The molecule has 5 unspecified atom stereocenters. The smallest absolute Gasteiger partial charge is 0.351 e. The van der Waals surface area contributed by atoms with E-state index in [0.717, 1.165) is 18.4 Å². The predicted molar refractivity (Wildman–Crippen MR) is 128 cm³/mol. The number of phosphoric acid groups is 1. The third-order valence-corrected chi connectivity index (χ3v) is 8.02. The van der Waals surface area contributed by atoms with Crippen LogP contribution in [0.3, 0.4) is 0 Å². The zero-order chi connectivity index (χ0) is 29.4. The van der Waals surface area contributed by atoms with Crippen LogP contribution in [-0.4, -0.2) is 70.0 Å². The van der Waals surface area contributed by atoms with E-state index < -0.39 is 74.4 Å². The van der Waals surface area contributed by atoms with Crippen LogP contribution in [0, 0.1) is 23.7 Å². The Morgan fingerprint density at radius 1 is 1.10 bits per heavy atom. The number of carboxylic acids is 1. The van der Waals surface area contributed by atoms with E-state index >= 15 is 0 Å². The van der Waals surface area contributed by atoms with E-state index in [1.165, 1.54) is 19.2 Å². The van der Waals surface area contributed by atoms with Crippen molar-refractivity contribution in [3.63, 3.8) is 0 Å². The van der Waals surface area contributed by atoms with Gasteiger partial charge in [-0.2, -0.15) is 4.98 Å². The number of esters is 2. The Balaban J connectivity index is 1.44. The fraction of sp³-hybridized carbons (Fsp3) is 0.652. The summed E-state index contributed by atoms with van der Waals surface area (Å²) in [4.78, 5) is 74.9. The Bertz CT molecular complexity index is 1270. The maximum atomic E-state index is 12.7. The largest absolute Gasteiger partial charge is 0.756 e. The number of nitrogens with one attached hydrogen (secondary N) is 1. The zero-order valence-electron chi connectivity index (χ0n) is 21.8. The summed E-state index contributed by atoms with van der Waals surface area (Å²) < 4.78 is 39.7. The number of amides is 1. The number of carbonyl (C=O) groups is 4. The molecule has 4 rings (SSSR count). The standard InChI is InChI=1S/C23H30N3O13P/c1-10(27)24-18-4-5-26(23(32)25-18)21-20(38-12(3)29)19(37-11(2)28)17(39-21)9-36-40(33,34)35-8-16-14-6-13(22(30)31)7-15(14)16/h4-5,13-17,19-21H,6-9H2,1-3H3,(H,30,31)(H,33,34)(H,24,25,27,32)/p-1/t13?,14?,15?,16?,17-,19?,20?,21-/m1/s1. The molecule has 220 valence electrons. The van der Waals surface area contributed by atoms with Crippen molar-refractivity contribution >= 4 is 37.5 Å². The number of fused-ring (bicyclic) bond motifs is 1. The van der Waals surface area contributed by atoms with Crippen LogP contribution in [0.1, 0.15) is 39.8 Å². The first kappa shape index (κ1) is 29.8. The molecule has 2 N–H and O–H groups in total. The van der Waals surface area contributed by atoms with E-state index in [0.29, 0.717) is 12.8 Å². The second-order valence-corrected chi connectivity index (χ2v) is 11.3. The van der Waals surface area contributed by atoms with Gasteiger partial charge >= 0.3 is 23.6 Å². The third-order valence-electron chi connectivity index (χ3n) is 7.09. The summed E-state index contributed by atoms with van der Waals surface area (Å²) in [6, 6.07) is 1.28. The fourth-order valence-corrected chi connectivity index (χ4v) is 6.14. The van der Waals surface area contributed by atoms with Crippen LogP contribution in [0.5, 0.6) is 0 Å². The average Bonchev–Trinajstić information content (AvgIpc) is 3.13. The van der Waals surface area contributed by atoms with Crippen molar-refractivity contribution in [3.8, 4) is 0 Å². The lowest BCUT2D eigenvalue weighted by molar-refractivity contribution is -0.229. The molecule has 1 amide bonds. The first-order valence-corrected chi connectivity index (χ1v) is 13.9. The molecular weight excluding hydrogens is 557 g/mol. The molecule has 1 aromatic heterocycles. The van der Waals surface area contributed by atoms with Crippen LogP contribution in [0.25, 0.3) is 0 Å². The molecule has 0 bridgehead atoms. The van der Waals surface area contributed by atoms with Crippen molar-refractivity contribution in [2.24, 2.45) is 23.7 Å². The molecule has 0 radical (unpaired) electrons. The van der Waals surface area contributed by atoms with Gasteiger partial charge in [-0.25, -0.2) is 4.79 Å². The van der Waals surface area contributed by atoms with Crippen LogP contribution < -0.4 is 15.9 Å². The van der Waals surface area contributed by atoms with Crippen LogP contribution >= 0.6 is 7.82 Å². The Kier molecular flexibility index (Phi) is 8.75. The van der Waals surface area contributed by atoms with Crippen molar-refractivity contribution < 1.29 is 57.0 Å². The molecule has 2 saturated carbocycles. The van der Waals surface area contributed by atoms with Gasteiger partial charge in [0.1, 0.15) is 11.9 Å². The number of anilines is 1. The highest BCUT2D eigenvalue weighted by Gasteiger charge is 2.57. The van der Waals surface area contributed by atoms with E-state index in [-0.39, 0.29) is 30.2 Å². The van der Waals surface area contributed by atoms with Gasteiger partial charge in [-0.05, 0) is 36.7 Å². The minimum Gasteiger partial charge on any atom is -0.756 e. The predicted octanol–water partition coefficient (Wildman–Crippen LogP) is -0.179. The Morgan fingerprint density at radius 3 is 2.25 bits per heavy atom. The van der Waals surface area contributed by atoms with Gasteiger partial charge in [0, 0.05) is 27.0 Å². The van der Waals surface area contributed by atoms with Gasteiger partial charge in [-0.15, -0.1) is 0 Å². The fourth-order valence-electron chi connectivity index (χ4n) is 5.38. The van der Waals surface area contributed by atoms with Gasteiger partial charge in [-0.3, -0.25) is 28.3 Å². The summed E-state index contributed by atoms with van der Waals surface area (Å²) in [5.41, 5.74) is -0.908. The number of phosphoric ester groups is 1. The summed E-state index contributed by atoms with van der Waals surface area (Å²) in [5.74, 6) is -3.33. The minimum absolute atomic E-state index is 0.0464. The first-order valence-electron chi connectivity index (χ1n) is 12.5. The number of aromatic nitrogens is 2. The van der Waals surface area contributed by atoms with Gasteiger partial charge in [0.05, 0.1) is 19.1 Å². The van der Waals surface area contributed by atoms with Crippen LogP contribution in [0.2, 0.25) is 0 Å². The molecule has 1 aliphatic heterocycles. The molecule has 3 fully saturated rings. The second-order valence-electron chi connectivity index (χ2n) is 9.93. The monoisotopic (exact) mass is 586 g/mol. The number of ether oxygens (including phenoxy) is 3. The summed E-state index contributed by atoms with van der Waals surface area (Å²) in [5, 5.41) is 11.5. The highest BCUT2D eigenvalue weighted by molar-refractivity contribution is 7.45. The SMILES string of the molecule is CC(=O)Nc1ccn([C@@H]2O[C@H](COP(=O)([O-])OCC3C4CC(C(=O)O)CC34)C(OC(C)=O)C2OC(C)=O)c(=O)n1. The van der Waals surface area contributed by atoms with Crippen molar-refractivity contribution in [2.75, 3.05) is 18.5 Å². The van der Waals surface area contributed by atoms with E-state index in [1.807, 2.05) is 0 Å². The average molecular weight is 586 g/mol. The molecule has 1 aromatic rings. The Hall–Kier alpha value is -3.17. The molecule has 3 aliphatic rings. The molecule has 2 aliphatic carbocycles. The van der Waals surface area contributed by atoms with E-state index in [2.05, 4.69) is 10.3 Å². The van der Waals surface area contributed by atoms with E-state index in [4.69, 9.17) is 28.4 Å². The summed E-state index contributed by atoms with van der Waals surface area (Å²) in [6.45, 7) is 2.51. The molecule has 0 spiro atoms. The van der Waals surface area contributed by atoms with Crippen molar-refractivity contribution in [1.82, 2.24) is 9.55 Å². The van der Waals surface area contributed by atoms with E-state index in [1.54, 1.807) is 0 Å². The van der Waals surface area contributed by atoms with Crippen molar-refractivity contribution in [3.05, 3.63) is 22.7 Å². The highest BCUT2D eigenvalue weighted by Crippen LogP contribution is 2.60. The zero-order valence-corrected chi connectivity index (χ0v) is 22.7. The molecule has 1 saturated heterocycles. The van der Waals surface area contributed by atoms with Gasteiger partial charge < -0.3 is 38.6 Å². The molecule has 0 aromatic carbocycles. The summed E-state index contributed by atoms with van der Waals surface area (Å²) in [6.07, 6.45) is -3.33. The van der Waals surface area contributed by atoms with Crippen LogP contribution in [0.15, 0.2) is 17.1 Å². The lowest BCUT2D eigenvalue weighted by atomic mass is 10.0. The molecule has 40 heavy (non-hydrogen) atoms. The lowest BCUT2D eigenvalue weighted by Gasteiger charge is -2.26. The number of hydrogen-bond acceptors (Lipinski definition) is 13. The van der Waals surface area contributed by atoms with Gasteiger partial charge in [-0.1, -0.05) is 0 Å². The van der Waals surface area contributed by atoms with E-state index in [9.17, 15) is 33.4 Å². The van der Waals surface area contributed by atoms with Gasteiger partial charge in [0.25, 0.3) is 7.82 Å². The second kappa shape index (κ2) is 11.7. The Labute approximate surface area is 227 Å². The van der Waals surface area contributed by atoms with Crippen LogP contribution in [-0.2, 0) is 47.0 Å². The normalized spacial score (nSPS) is 32.0. The molecule has 7 atom stereocenters. The van der Waals surface area contributed by atoms with Gasteiger partial charge in [0.2, 0.25) is 5.91 Å². The maximum absolute atomic E-state index is 12.7. The molecule has 2 heterocycles. The van der Waals surface area contributed by atoms with Crippen molar-refractivity contribution in [2.45, 2.75) is 58.2 Å². The van der Waals surface area contributed by atoms with Crippen molar-refractivity contribution in [1.29, 1.82) is 0 Å². The topological polar surface area (TPSA) is 222 Å². The highest BCUT2D eigenvalue weighted by atomic mass is 31.2. The third kappa shape index (κ3) is 6.93. The van der Waals surface area contributed by atoms with Crippen LogP contribution in [0.4, 0.5) is 5.82 Å². The minimum atomic E-state index is -4.88. The number of nitrogens with zero attached hydrogens (tertiary/aromatic N) is 2. The number of carboxylic acid groups (broad SMARTS) is 1. The molecule has 16 nitrogen and oxygen atoms in total. The molecular formula is C23H29N3O13P-. The summed E-state index contributed by atoms with van der Waals surface area (Å²) in [7, 11) is -4.88. The number of aliphatic carboxylic acids is 1. The number of rotatable bonds is 11. The van der Waals surface area contributed by atoms with Gasteiger partial charge in [0.15, 0.2) is 18.4 Å². The maximum Gasteiger partial charge on any atom is 0.351 e. The quantitative estimate of drug-likeness (QED) is 0.254. The first-order chi connectivity index (χ1) is 18.8. The number of carbonyl (C=O) groups excluding carboxylic acids is 3.